The average molecular weight is 481 g/mol. The predicted octanol–water partition coefficient (Wildman–Crippen LogP) is 5.24. The third-order valence-electron chi connectivity index (χ3n) is 2.78. The number of esters is 1. The molecule has 0 aromatic heterocycles. The molecule has 6 nitrogen and oxygen atoms in total. The lowest BCUT2D eigenvalue weighted by molar-refractivity contribution is -0.135. The van der Waals surface area contributed by atoms with Gasteiger partial charge in [-0.25, -0.2) is 9.59 Å². The number of carboxylic acid groups (broad SMARTS) is 1. The molecule has 0 heterocycles. The van der Waals surface area contributed by atoms with Crippen LogP contribution in [0.15, 0.2) is 24.3 Å². The van der Waals surface area contributed by atoms with Gasteiger partial charge < -0.3 is 18.1 Å². The van der Waals surface area contributed by atoms with Crippen LogP contribution in [0.25, 0.3) is 0 Å². The molecule has 1 N–H and O–H groups in total. The molecule has 0 bridgehead atoms. The van der Waals surface area contributed by atoms with Gasteiger partial charge in [-0.05, 0) is 78.4 Å². The maximum atomic E-state index is 10.6. The Labute approximate surface area is 183 Å². The molecular weight excluding hydrogens is 437 g/mol. The lowest BCUT2D eigenvalue weighted by Crippen LogP contribution is -2.41. The second-order valence-electron chi connectivity index (χ2n) is 9.38. The number of allylic oxidation sites excluding steroid dienone is 1. The maximum absolute atomic E-state index is 10.6. The molecule has 0 aliphatic rings. The average Bonchev–Trinajstić information content (AvgIpc) is 2.48. The van der Waals surface area contributed by atoms with Gasteiger partial charge in [0, 0.05) is 11.6 Å². The Morgan fingerprint density at radius 3 is 1.62 bits per heavy atom. The Hall–Kier alpha value is -0.792. The van der Waals surface area contributed by atoms with Crippen LogP contribution in [0.4, 0.5) is 0 Å². The summed E-state index contributed by atoms with van der Waals surface area (Å²) in [5.41, 5.74) is 0.412. The van der Waals surface area contributed by atoms with Gasteiger partial charge in [0.25, 0.3) is 0 Å². The van der Waals surface area contributed by atoms with Crippen LogP contribution in [0.1, 0.15) is 6.92 Å². The summed E-state index contributed by atoms with van der Waals surface area (Å²) in [6.45, 7) is 26.7. The number of carbonyl (C=O) groups excluding carboxylic acids is 1. The molecule has 0 aliphatic carbocycles. The highest BCUT2D eigenvalue weighted by molar-refractivity contribution is 6.84. The minimum absolute atomic E-state index is 0.394. The largest absolute Gasteiger partial charge is 0.478 e. The van der Waals surface area contributed by atoms with E-state index in [0.29, 0.717) is 5.57 Å². The van der Waals surface area contributed by atoms with Crippen molar-refractivity contribution in [3.8, 4) is 0 Å². The molecule has 0 spiro atoms. The number of ether oxygens (including phenoxy) is 1. The van der Waals surface area contributed by atoms with Gasteiger partial charge in [0.15, 0.2) is 34.0 Å². The minimum atomic E-state index is -1.73. The Kier molecular flexibility index (Phi) is 17.1. The molecule has 0 saturated carbocycles. The first kappa shape index (κ1) is 32.9. The fraction of sp³-hybridized carbons (Fsp3) is 0.684. The number of hydrogen-bond donors (Lipinski definition) is 1. The third-order valence-corrected chi connectivity index (χ3v) is 13.3. The molecule has 0 aromatic rings. The Bertz CT molecular complexity index is 532. The standard InChI is InChI=1S/C10H22O3Si2.C5H16OSi2.C4H6O2/c1-9(10(11)12)7-8-15(5,6)13-14(2,3)4;1-7(2)6-8(3,4)5;1-3-4(5)6-2/h7H,8H2,1-6H3,(H,11,12);7H,1-5H3;3H,1H2,2H3. The van der Waals surface area contributed by atoms with E-state index >= 15 is 0 Å². The fourth-order valence-electron chi connectivity index (χ4n) is 2.15. The predicted molar refractivity (Wildman–Crippen MR) is 134 cm³/mol. The zero-order valence-electron chi connectivity index (χ0n) is 20.6. The Morgan fingerprint density at radius 2 is 1.45 bits per heavy atom. The summed E-state index contributed by atoms with van der Waals surface area (Å²) in [4.78, 5) is 20.5. The van der Waals surface area contributed by atoms with Crippen LogP contribution in [0.3, 0.4) is 0 Å². The zero-order chi connectivity index (χ0) is 24.1. The summed E-state index contributed by atoms with van der Waals surface area (Å²) in [6.07, 6.45) is 2.90. The van der Waals surface area contributed by atoms with Crippen molar-refractivity contribution in [1.82, 2.24) is 0 Å². The first-order valence-electron chi connectivity index (χ1n) is 9.74. The van der Waals surface area contributed by atoms with E-state index in [1.165, 1.54) is 7.11 Å². The Morgan fingerprint density at radius 1 is 1.00 bits per heavy atom. The van der Waals surface area contributed by atoms with Crippen molar-refractivity contribution in [2.75, 3.05) is 7.11 Å². The number of hydrogen-bond acceptors (Lipinski definition) is 5. The molecule has 0 radical (unpaired) electrons. The van der Waals surface area contributed by atoms with E-state index in [-0.39, 0.29) is 0 Å². The Balaban J connectivity index is -0.000000403. The molecule has 0 rings (SSSR count). The van der Waals surface area contributed by atoms with E-state index in [4.69, 9.17) is 13.3 Å². The summed E-state index contributed by atoms with van der Waals surface area (Å²) in [5, 5.41) is 8.73. The summed E-state index contributed by atoms with van der Waals surface area (Å²) >= 11 is 0. The van der Waals surface area contributed by atoms with Crippen LogP contribution in [0.5, 0.6) is 0 Å². The molecule has 29 heavy (non-hydrogen) atoms. The summed E-state index contributed by atoms with van der Waals surface area (Å²) < 4.78 is 16.0. The van der Waals surface area contributed by atoms with E-state index in [9.17, 15) is 9.59 Å². The highest BCUT2D eigenvalue weighted by Gasteiger charge is 2.28. The van der Waals surface area contributed by atoms with Gasteiger partial charge in [0.2, 0.25) is 0 Å². The lowest BCUT2D eigenvalue weighted by atomic mass is 10.3. The molecule has 0 aromatic carbocycles. The molecule has 10 heteroatoms. The molecule has 0 atom stereocenters. The van der Waals surface area contributed by atoms with Crippen molar-refractivity contribution < 1.29 is 27.7 Å². The van der Waals surface area contributed by atoms with E-state index < -0.39 is 45.9 Å². The monoisotopic (exact) mass is 480 g/mol. The van der Waals surface area contributed by atoms with Gasteiger partial charge in [-0.3, -0.25) is 0 Å². The van der Waals surface area contributed by atoms with Crippen molar-refractivity contribution in [2.24, 2.45) is 0 Å². The van der Waals surface area contributed by atoms with E-state index in [2.05, 4.69) is 76.8 Å². The van der Waals surface area contributed by atoms with Gasteiger partial charge in [-0.1, -0.05) is 12.7 Å². The highest BCUT2D eigenvalue weighted by atomic mass is 28.4. The normalized spacial score (nSPS) is 12.2. The van der Waals surface area contributed by atoms with E-state index in [0.717, 1.165) is 12.1 Å². The van der Waals surface area contributed by atoms with Gasteiger partial charge in [-0.15, -0.1) is 0 Å². The van der Waals surface area contributed by atoms with Gasteiger partial charge >= 0.3 is 11.9 Å². The number of rotatable bonds is 8. The van der Waals surface area contributed by atoms with E-state index in [1.807, 2.05) is 0 Å². The number of carbonyl (C=O) groups is 2. The molecule has 0 amide bonds. The third kappa shape index (κ3) is 29.5. The smallest absolute Gasteiger partial charge is 0.330 e. The van der Waals surface area contributed by atoms with Crippen molar-refractivity contribution in [2.45, 2.75) is 78.4 Å². The second kappa shape index (κ2) is 15.1. The highest BCUT2D eigenvalue weighted by Crippen LogP contribution is 2.19. The quantitative estimate of drug-likeness (QED) is 0.290. The maximum Gasteiger partial charge on any atom is 0.330 e. The number of methoxy groups -OCH3 is 1. The molecule has 172 valence electrons. The molecule has 0 saturated heterocycles. The van der Waals surface area contributed by atoms with Crippen LogP contribution in [0.2, 0.25) is 71.5 Å². The van der Waals surface area contributed by atoms with Crippen LogP contribution >= 0.6 is 0 Å². The molecule has 0 unspecified atom stereocenters. The SMILES string of the molecule is C=CC(=O)OC.CC(=CC[Si](C)(C)O[Si](C)(C)C)C(=O)O.C[SiH](C)O[Si](C)(C)C. The van der Waals surface area contributed by atoms with Crippen LogP contribution in [0, 0.1) is 0 Å². The van der Waals surface area contributed by atoms with Crippen LogP contribution in [-0.2, 0) is 22.6 Å². The first-order chi connectivity index (χ1) is 12.8. The summed E-state index contributed by atoms with van der Waals surface area (Å²) in [7, 11) is -3.81. The van der Waals surface area contributed by atoms with Gasteiger partial charge in [0.1, 0.15) is 0 Å². The van der Waals surface area contributed by atoms with Crippen LogP contribution in [-0.4, -0.2) is 58.1 Å². The first-order valence-corrected chi connectivity index (χ1v) is 22.5. The van der Waals surface area contributed by atoms with Gasteiger partial charge in [0.05, 0.1) is 7.11 Å². The molecule has 0 fully saturated rings. The summed E-state index contributed by atoms with van der Waals surface area (Å²) in [6, 6.07) is 0.773. The lowest BCUT2D eigenvalue weighted by Gasteiger charge is -2.30. The van der Waals surface area contributed by atoms with Gasteiger partial charge in [-0.2, -0.15) is 0 Å². The minimum Gasteiger partial charge on any atom is -0.478 e. The van der Waals surface area contributed by atoms with Crippen LogP contribution < -0.4 is 0 Å². The zero-order valence-corrected chi connectivity index (χ0v) is 24.8. The van der Waals surface area contributed by atoms with Crippen molar-refractivity contribution in [3.05, 3.63) is 24.3 Å². The van der Waals surface area contributed by atoms with Crippen molar-refractivity contribution in [1.29, 1.82) is 0 Å². The summed E-state index contributed by atoms with van der Waals surface area (Å²) in [5.74, 6) is -1.23. The number of carboxylic acids is 1. The molecular formula is C19H44O6Si4. The topological polar surface area (TPSA) is 82.1 Å². The second-order valence-corrected chi connectivity index (χ2v) is 25.6. The van der Waals surface area contributed by atoms with Crippen molar-refractivity contribution >= 4 is 45.9 Å². The number of aliphatic carboxylic acids is 1. The van der Waals surface area contributed by atoms with Crippen molar-refractivity contribution in [3.63, 3.8) is 0 Å². The fourth-order valence-corrected chi connectivity index (χ4v) is 15.6. The molecule has 0 aliphatic heterocycles. The van der Waals surface area contributed by atoms with E-state index in [1.54, 1.807) is 13.0 Å².